The van der Waals surface area contributed by atoms with Crippen LogP contribution in [0.5, 0.6) is 0 Å². The Labute approximate surface area is 89.5 Å². The molecule has 76 valence electrons. The van der Waals surface area contributed by atoms with Crippen LogP contribution in [-0.4, -0.2) is 24.9 Å². The molecule has 3 heteroatoms. The SMILES string of the molecule is CCSc1ccccc1NC1CNC1. The molecule has 0 unspecified atom stereocenters. The maximum Gasteiger partial charge on any atom is 0.0510 e. The van der Waals surface area contributed by atoms with E-state index in [9.17, 15) is 0 Å². The zero-order valence-corrected chi connectivity index (χ0v) is 9.23. The molecule has 14 heavy (non-hydrogen) atoms. The van der Waals surface area contributed by atoms with Gasteiger partial charge in [-0.15, -0.1) is 11.8 Å². The standard InChI is InChI=1S/C11H16N2S/c1-2-14-11-6-4-3-5-10(11)13-9-7-12-8-9/h3-6,9,12-13H,2,7-8H2,1H3. The lowest BCUT2D eigenvalue weighted by Gasteiger charge is -2.29. The highest BCUT2D eigenvalue weighted by molar-refractivity contribution is 7.99. The van der Waals surface area contributed by atoms with Crippen molar-refractivity contribution >= 4 is 17.4 Å². The predicted molar refractivity (Wildman–Crippen MR) is 63.1 cm³/mol. The zero-order valence-electron chi connectivity index (χ0n) is 8.42. The number of hydrogen-bond acceptors (Lipinski definition) is 3. The van der Waals surface area contributed by atoms with Crippen LogP contribution in [0.15, 0.2) is 29.2 Å². The second-order valence-corrected chi connectivity index (χ2v) is 4.73. The Morgan fingerprint density at radius 2 is 2.21 bits per heavy atom. The maximum absolute atomic E-state index is 3.55. The molecule has 0 radical (unpaired) electrons. The van der Waals surface area contributed by atoms with Gasteiger partial charge in [0.1, 0.15) is 0 Å². The van der Waals surface area contributed by atoms with Crippen molar-refractivity contribution in [3.05, 3.63) is 24.3 Å². The van der Waals surface area contributed by atoms with Crippen molar-refractivity contribution in [2.75, 3.05) is 24.2 Å². The van der Waals surface area contributed by atoms with Gasteiger partial charge in [-0.25, -0.2) is 0 Å². The fourth-order valence-electron chi connectivity index (χ4n) is 1.48. The first-order chi connectivity index (χ1) is 6.90. The molecular weight excluding hydrogens is 192 g/mol. The van der Waals surface area contributed by atoms with E-state index in [1.54, 1.807) is 0 Å². The molecule has 0 saturated carbocycles. The molecule has 0 aliphatic carbocycles. The lowest BCUT2D eigenvalue weighted by Crippen LogP contribution is -2.51. The van der Waals surface area contributed by atoms with E-state index in [1.165, 1.54) is 10.6 Å². The van der Waals surface area contributed by atoms with Gasteiger partial charge in [0.15, 0.2) is 0 Å². The monoisotopic (exact) mass is 208 g/mol. The first kappa shape index (κ1) is 9.87. The van der Waals surface area contributed by atoms with Gasteiger partial charge in [-0.05, 0) is 17.9 Å². The van der Waals surface area contributed by atoms with Crippen LogP contribution in [0, 0.1) is 0 Å². The summed E-state index contributed by atoms with van der Waals surface area (Å²) >= 11 is 1.90. The quantitative estimate of drug-likeness (QED) is 0.742. The lowest BCUT2D eigenvalue weighted by atomic mass is 10.1. The maximum atomic E-state index is 3.55. The van der Waals surface area contributed by atoms with E-state index in [4.69, 9.17) is 0 Å². The average molecular weight is 208 g/mol. The van der Waals surface area contributed by atoms with E-state index in [1.807, 2.05) is 11.8 Å². The summed E-state index contributed by atoms with van der Waals surface area (Å²) in [4.78, 5) is 1.36. The summed E-state index contributed by atoms with van der Waals surface area (Å²) in [6, 6.07) is 9.16. The number of thioether (sulfide) groups is 1. The smallest absolute Gasteiger partial charge is 0.0510 e. The van der Waals surface area contributed by atoms with Crippen LogP contribution in [0.4, 0.5) is 5.69 Å². The van der Waals surface area contributed by atoms with Gasteiger partial charge in [-0.3, -0.25) is 0 Å². The molecule has 2 nitrogen and oxygen atoms in total. The second-order valence-electron chi connectivity index (χ2n) is 3.43. The highest BCUT2D eigenvalue weighted by Crippen LogP contribution is 2.27. The highest BCUT2D eigenvalue weighted by atomic mass is 32.2. The summed E-state index contributed by atoms with van der Waals surface area (Å²) in [6.07, 6.45) is 0. The van der Waals surface area contributed by atoms with E-state index < -0.39 is 0 Å². The Balaban J connectivity index is 2.05. The molecule has 0 atom stereocenters. The average Bonchev–Trinajstić information content (AvgIpc) is 2.14. The van der Waals surface area contributed by atoms with Crippen molar-refractivity contribution in [3.63, 3.8) is 0 Å². The first-order valence-electron chi connectivity index (χ1n) is 5.09. The molecule has 0 amide bonds. The molecule has 2 N–H and O–H groups in total. The van der Waals surface area contributed by atoms with Gasteiger partial charge in [-0.2, -0.15) is 0 Å². The van der Waals surface area contributed by atoms with Crippen molar-refractivity contribution in [2.24, 2.45) is 0 Å². The second kappa shape index (κ2) is 4.71. The fraction of sp³-hybridized carbons (Fsp3) is 0.455. The van der Waals surface area contributed by atoms with Crippen LogP contribution in [0.3, 0.4) is 0 Å². The zero-order chi connectivity index (χ0) is 9.80. The molecule has 0 aromatic heterocycles. The Hall–Kier alpha value is -0.670. The Kier molecular flexibility index (Phi) is 3.32. The van der Waals surface area contributed by atoms with E-state index in [0.29, 0.717) is 6.04 Å². The Morgan fingerprint density at radius 1 is 1.43 bits per heavy atom. The lowest BCUT2D eigenvalue weighted by molar-refractivity contribution is 0.471. The first-order valence-corrected chi connectivity index (χ1v) is 6.08. The van der Waals surface area contributed by atoms with Crippen LogP contribution in [0.25, 0.3) is 0 Å². The minimum absolute atomic E-state index is 0.619. The normalized spacial score (nSPS) is 16.4. The molecular formula is C11H16N2S. The third-order valence-electron chi connectivity index (χ3n) is 2.33. The van der Waals surface area contributed by atoms with Crippen molar-refractivity contribution in [3.8, 4) is 0 Å². The number of hydrogen-bond donors (Lipinski definition) is 2. The van der Waals surface area contributed by atoms with Crippen LogP contribution < -0.4 is 10.6 Å². The van der Waals surface area contributed by atoms with Crippen LogP contribution >= 0.6 is 11.8 Å². The number of nitrogens with one attached hydrogen (secondary N) is 2. The number of benzene rings is 1. The molecule has 1 fully saturated rings. The molecule has 1 aliphatic heterocycles. The van der Waals surface area contributed by atoms with E-state index >= 15 is 0 Å². The van der Waals surface area contributed by atoms with Crippen molar-refractivity contribution in [1.29, 1.82) is 0 Å². The third-order valence-corrected chi connectivity index (χ3v) is 3.28. The van der Waals surface area contributed by atoms with Crippen molar-refractivity contribution in [1.82, 2.24) is 5.32 Å². The van der Waals surface area contributed by atoms with Crippen molar-refractivity contribution < 1.29 is 0 Å². The van der Waals surface area contributed by atoms with Crippen LogP contribution in [0.1, 0.15) is 6.92 Å². The van der Waals surface area contributed by atoms with E-state index in [2.05, 4.69) is 41.8 Å². The molecule has 0 spiro atoms. The Bertz CT molecular complexity index is 297. The molecule has 1 aliphatic rings. The molecule has 1 aromatic rings. The fourth-order valence-corrected chi connectivity index (χ4v) is 2.25. The molecule has 1 aromatic carbocycles. The van der Waals surface area contributed by atoms with Gasteiger partial charge in [0, 0.05) is 23.7 Å². The van der Waals surface area contributed by atoms with E-state index in [-0.39, 0.29) is 0 Å². The molecule has 1 heterocycles. The number of para-hydroxylation sites is 1. The van der Waals surface area contributed by atoms with Gasteiger partial charge in [0.05, 0.1) is 6.04 Å². The summed E-state index contributed by atoms with van der Waals surface area (Å²) in [5, 5.41) is 6.81. The highest BCUT2D eigenvalue weighted by Gasteiger charge is 2.16. The van der Waals surface area contributed by atoms with Crippen LogP contribution in [-0.2, 0) is 0 Å². The van der Waals surface area contributed by atoms with Gasteiger partial charge in [0.2, 0.25) is 0 Å². The Morgan fingerprint density at radius 3 is 2.86 bits per heavy atom. The number of rotatable bonds is 4. The van der Waals surface area contributed by atoms with Crippen LogP contribution in [0.2, 0.25) is 0 Å². The minimum Gasteiger partial charge on any atom is -0.379 e. The largest absolute Gasteiger partial charge is 0.379 e. The topological polar surface area (TPSA) is 24.1 Å². The van der Waals surface area contributed by atoms with Gasteiger partial charge in [0.25, 0.3) is 0 Å². The molecule has 1 saturated heterocycles. The summed E-state index contributed by atoms with van der Waals surface area (Å²) in [5.74, 6) is 1.13. The van der Waals surface area contributed by atoms with Gasteiger partial charge < -0.3 is 10.6 Å². The molecule has 0 bridgehead atoms. The van der Waals surface area contributed by atoms with Crippen molar-refractivity contribution in [2.45, 2.75) is 17.9 Å². The predicted octanol–water partition coefficient (Wildman–Crippen LogP) is 2.18. The van der Waals surface area contributed by atoms with Gasteiger partial charge >= 0.3 is 0 Å². The summed E-state index contributed by atoms with van der Waals surface area (Å²) < 4.78 is 0. The summed E-state index contributed by atoms with van der Waals surface area (Å²) in [7, 11) is 0. The minimum atomic E-state index is 0.619. The summed E-state index contributed by atoms with van der Waals surface area (Å²) in [6.45, 7) is 4.36. The molecule has 2 rings (SSSR count). The third kappa shape index (κ3) is 2.22. The summed E-state index contributed by atoms with van der Waals surface area (Å²) in [5.41, 5.74) is 1.28. The van der Waals surface area contributed by atoms with Gasteiger partial charge in [-0.1, -0.05) is 19.1 Å². The number of anilines is 1. The van der Waals surface area contributed by atoms with E-state index in [0.717, 1.165) is 18.8 Å².